The molecule has 1 unspecified atom stereocenters. The molecule has 2 aliphatic rings. The lowest BCUT2D eigenvalue weighted by molar-refractivity contribution is -0.143. The Morgan fingerprint density at radius 1 is 1.16 bits per heavy atom. The molecule has 11 heteroatoms. The third-order valence-electron chi connectivity index (χ3n) is 6.50. The van der Waals surface area contributed by atoms with E-state index < -0.39 is 23.6 Å². The van der Waals surface area contributed by atoms with E-state index in [0.29, 0.717) is 25.3 Å². The predicted octanol–water partition coefficient (Wildman–Crippen LogP) is 4.06. The summed E-state index contributed by atoms with van der Waals surface area (Å²) in [6.45, 7) is 2.87. The monoisotopic (exact) mass is 456 g/mol. The van der Waals surface area contributed by atoms with Gasteiger partial charge in [0, 0.05) is 30.2 Å². The van der Waals surface area contributed by atoms with Crippen LogP contribution < -0.4 is 16.4 Å². The largest absolute Gasteiger partial charge is 0.434 e. The van der Waals surface area contributed by atoms with Crippen molar-refractivity contribution in [2.24, 2.45) is 11.1 Å². The van der Waals surface area contributed by atoms with Crippen molar-refractivity contribution in [3.63, 3.8) is 0 Å². The Bertz CT molecular complexity index is 959. The van der Waals surface area contributed by atoms with Crippen molar-refractivity contribution < 1.29 is 17.6 Å². The minimum Gasteiger partial charge on any atom is -0.381 e. The van der Waals surface area contributed by atoms with E-state index in [2.05, 4.69) is 15.0 Å². The molecule has 6 nitrogen and oxygen atoms in total. The van der Waals surface area contributed by atoms with Crippen LogP contribution in [0.1, 0.15) is 38.3 Å². The summed E-state index contributed by atoms with van der Waals surface area (Å²) in [5.41, 5.74) is 9.72. The summed E-state index contributed by atoms with van der Waals surface area (Å²) < 4.78 is 54.1. The fourth-order valence-electron chi connectivity index (χ4n) is 4.59. The Balaban J connectivity index is 1.47. The number of nitrogen functional groups attached to an aromatic ring is 1. The summed E-state index contributed by atoms with van der Waals surface area (Å²) in [5, 5.41) is 0.182. The molecule has 2 fully saturated rings. The SMILES string of the molecule is CC1(F)CCC2(CCN(c3cnc(Sc4cccnc4C(F)(F)F)c(N)n3)CC2)[C@@H]1N. The lowest BCUT2D eigenvalue weighted by atomic mass is 9.73. The second-order valence-electron chi connectivity index (χ2n) is 8.47. The van der Waals surface area contributed by atoms with Crippen LogP contribution in [0.3, 0.4) is 0 Å². The third kappa shape index (κ3) is 4.17. The molecule has 0 radical (unpaired) electrons. The van der Waals surface area contributed by atoms with Crippen LogP contribution in [0.15, 0.2) is 34.4 Å². The van der Waals surface area contributed by atoms with Crippen molar-refractivity contribution in [1.82, 2.24) is 15.0 Å². The molecule has 0 bridgehead atoms. The number of hydrogen-bond donors (Lipinski definition) is 2. The number of hydrogen-bond acceptors (Lipinski definition) is 7. The van der Waals surface area contributed by atoms with Gasteiger partial charge in [0.2, 0.25) is 0 Å². The summed E-state index contributed by atoms with van der Waals surface area (Å²) >= 11 is 0.781. The van der Waals surface area contributed by atoms with Gasteiger partial charge in [0.1, 0.15) is 16.5 Å². The average molecular weight is 457 g/mol. The lowest BCUT2D eigenvalue weighted by Gasteiger charge is -2.43. The van der Waals surface area contributed by atoms with Gasteiger partial charge in [0.25, 0.3) is 0 Å². The van der Waals surface area contributed by atoms with E-state index in [1.165, 1.54) is 18.3 Å². The number of nitrogens with two attached hydrogens (primary N) is 2. The van der Waals surface area contributed by atoms with Gasteiger partial charge < -0.3 is 16.4 Å². The predicted molar refractivity (Wildman–Crippen MR) is 110 cm³/mol. The van der Waals surface area contributed by atoms with Crippen molar-refractivity contribution >= 4 is 23.4 Å². The van der Waals surface area contributed by atoms with Gasteiger partial charge in [-0.15, -0.1) is 0 Å². The number of aromatic nitrogens is 3. The molecule has 0 aromatic carbocycles. The lowest BCUT2D eigenvalue weighted by Crippen LogP contribution is -2.52. The van der Waals surface area contributed by atoms with Crippen molar-refractivity contribution in [1.29, 1.82) is 0 Å². The summed E-state index contributed by atoms with van der Waals surface area (Å²) in [7, 11) is 0. The number of anilines is 2. The molecule has 4 rings (SSSR count). The highest BCUT2D eigenvalue weighted by Crippen LogP contribution is 2.51. The van der Waals surface area contributed by atoms with Crippen molar-refractivity contribution in [2.45, 2.75) is 60.4 Å². The first kappa shape index (κ1) is 22.1. The molecule has 1 aliphatic carbocycles. The molecule has 31 heavy (non-hydrogen) atoms. The fraction of sp³-hybridized carbons (Fsp3) is 0.550. The zero-order valence-electron chi connectivity index (χ0n) is 17.0. The molecule has 168 valence electrons. The number of pyridine rings is 1. The zero-order valence-corrected chi connectivity index (χ0v) is 17.8. The van der Waals surface area contributed by atoms with E-state index in [1.54, 1.807) is 6.92 Å². The first-order chi connectivity index (χ1) is 14.5. The van der Waals surface area contributed by atoms with E-state index in [-0.39, 0.29) is 21.2 Å². The second kappa shape index (κ2) is 7.77. The Labute approximate surface area is 181 Å². The molecule has 1 saturated carbocycles. The molecule has 4 N–H and O–H groups in total. The van der Waals surface area contributed by atoms with Gasteiger partial charge in [-0.25, -0.2) is 14.4 Å². The van der Waals surface area contributed by atoms with E-state index >= 15 is 0 Å². The van der Waals surface area contributed by atoms with Crippen LogP contribution in [0.25, 0.3) is 0 Å². The summed E-state index contributed by atoms with van der Waals surface area (Å²) in [4.78, 5) is 14.0. The van der Waals surface area contributed by atoms with E-state index in [1.807, 2.05) is 4.90 Å². The molecular weight excluding hydrogens is 432 g/mol. The van der Waals surface area contributed by atoms with Gasteiger partial charge in [-0.05, 0) is 50.2 Å². The van der Waals surface area contributed by atoms with Gasteiger partial charge in [-0.3, -0.25) is 4.98 Å². The number of rotatable bonds is 3. The van der Waals surface area contributed by atoms with Gasteiger partial charge in [-0.2, -0.15) is 13.2 Å². The number of alkyl halides is 4. The van der Waals surface area contributed by atoms with Crippen molar-refractivity contribution in [2.75, 3.05) is 23.7 Å². The molecule has 3 heterocycles. The van der Waals surface area contributed by atoms with Gasteiger partial charge >= 0.3 is 6.18 Å². The molecule has 0 amide bonds. The number of piperidine rings is 1. The average Bonchev–Trinajstić information content (AvgIpc) is 2.94. The van der Waals surface area contributed by atoms with Crippen molar-refractivity contribution in [3.05, 3.63) is 30.2 Å². The van der Waals surface area contributed by atoms with Gasteiger partial charge in [-0.1, -0.05) is 11.8 Å². The fourth-order valence-corrected chi connectivity index (χ4v) is 5.46. The van der Waals surface area contributed by atoms with E-state index in [9.17, 15) is 17.6 Å². The van der Waals surface area contributed by atoms with Crippen LogP contribution in [0.2, 0.25) is 0 Å². The summed E-state index contributed by atoms with van der Waals surface area (Å²) in [5.74, 6) is 0.599. The molecule has 2 atom stereocenters. The highest BCUT2D eigenvalue weighted by atomic mass is 32.2. The Morgan fingerprint density at radius 3 is 2.45 bits per heavy atom. The summed E-state index contributed by atoms with van der Waals surface area (Å²) in [6.07, 6.45) is 0.759. The van der Waals surface area contributed by atoms with E-state index in [0.717, 1.165) is 37.2 Å². The second-order valence-corrected chi connectivity index (χ2v) is 9.50. The third-order valence-corrected chi connectivity index (χ3v) is 7.56. The van der Waals surface area contributed by atoms with Crippen LogP contribution in [0.5, 0.6) is 0 Å². The van der Waals surface area contributed by atoms with E-state index in [4.69, 9.17) is 11.5 Å². The number of nitrogens with zero attached hydrogens (tertiary/aromatic N) is 4. The molecule has 1 spiro atoms. The summed E-state index contributed by atoms with van der Waals surface area (Å²) in [6, 6.07) is 2.26. The Hall–Kier alpha value is -2.14. The van der Waals surface area contributed by atoms with Gasteiger partial charge in [0.05, 0.1) is 6.20 Å². The molecular formula is C20H24F4N6S. The highest BCUT2D eigenvalue weighted by molar-refractivity contribution is 7.99. The molecule has 1 aliphatic heterocycles. The van der Waals surface area contributed by atoms with Crippen LogP contribution in [0.4, 0.5) is 29.2 Å². The molecule has 2 aromatic rings. The maximum Gasteiger partial charge on any atom is 0.434 e. The minimum atomic E-state index is -4.58. The maximum atomic E-state index is 14.6. The molecule has 1 saturated heterocycles. The van der Waals surface area contributed by atoms with Crippen molar-refractivity contribution in [3.8, 4) is 0 Å². The van der Waals surface area contributed by atoms with Crippen LogP contribution >= 0.6 is 11.8 Å². The first-order valence-electron chi connectivity index (χ1n) is 10.0. The standard InChI is InChI=1S/C20H24F4N6S/c1-18(21)4-5-19(17(18)26)6-9-30(10-7-19)13-11-28-16(15(25)29-13)31-12-3-2-8-27-14(12)20(22,23)24/h2-3,8,11,17H,4-7,9-10,26H2,1H3,(H2,25,29)/t17-,18?/m1/s1. The topological polar surface area (TPSA) is 94.0 Å². The maximum absolute atomic E-state index is 14.6. The van der Waals surface area contributed by atoms with Crippen LogP contribution in [-0.4, -0.2) is 39.8 Å². The highest BCUT2D eigenvalue weighted by Gasteiger charge is 2.54. The Kier molecular flexibility index (Phi) is 5.53. The number of halogens is 4. The molecule has 2 aromatic heterocycles. The quantitative estimate of drug-likeness (QED) is 0.673. The zero-order chi connectivity index (χ0) is 22.4. The first-order valence-corrected chi connectivity index (χ1v) is 10.9. The normalized spacial score (nSPS) is 25.9. The smallest absolute Gasteiger partial charge is 0.381 e. The van der Waals surface area contributed by atoms with Crippen LogP contribution in [0, 0.1) is 5.41 Å². The Morgan fingerprint density at radius 2 is 1.87 bits per heavy atom. The minimum absolute atomic E-state index is 0.0497. The van der Waals surface area contributed by atoms with Crippen LogP contribution in [-0.2, 0) is 6.18 Å². The van der Waals surface area contributed by atoms with Gasteiger partial charge in [0.15, 0.2) is 11.5 Å².